The fraction of sp³-hybridized carbons (Fsp3) is 0. The van der Waals surface area contributed by atoms with Crippen molar-refractivity contribution in [3.05, 3.63) is 0 Å². The van der Waals surface area contributed by atoms with Crippen LogP contribution in [0.25, 0.3) is 0 Å². The van der Waals surface area contributed by atoms with Gasteiger partial charge in [-0.2, -0.15) is 0 Å². The van der Waals surface area contributed by atoms with Gasteiger partial charge in [0.25, 0.3) is 0 Å². The van der Waals surface area contributed by atoms with Crippen LogP contribution in [0.3, 0.4) is 0 Å². The molecule has 0 bridgehead atoms. The van der Waals surface area contributed by atoms with E-state index in [1.165, 1.54) is 0 Å². The Balaban J connectivity index is 0. The Morgan fingerprint density at radius 3 is 1.00 bits per heavy atom. The van der Waals surface area contributed by atoms with Crippen molar-refractivity contribution < 1.29 is 27.4 Å². The average molecular weight is 180 g/mol. The second kappa shape index (κ2) is 4.38. The number of halogens is 1. The van der Waals surface area contributed by atoms with Gasteiger partial charge in [-0.25, -0.2) is 0 Å². The fourth-order valence-corrected chi connectivity index (χ4v) is 0. The molecule has 0 radical (unpaired) electrons. The van der Waals surface area contributed by atoms with E-state index in [-0.39, 0.29) is 12.4 Å². The standard InChI is InChI=1S/ClH.Mo.3O/h1H;;;;. The quantitative estimate of drug-likeness (QED) is 0.496. The van der Waals surface area contributed by atoms with Gasteiger partial charge >= 0.3 is 27.4 Å². The van der Waals surface area contributed by atoms with Crippen LogP contribution in [0.4, 0.5) is 0 Å². The van der Waals surface area contributed by atoms with Gasteiger partial charge in [0.05, 0.1) is 0 Å². The molecule has 0 aliphatic rings. The van der Waals surface area contributed by atoms with E-state index in [9.17, 15) is 0 Å². The molecular formula is HClMoO3. The topological polar surface area (TPSA) is 51.2 Å². The van der Waals surface area contributed by atoms with Crippen molar-refractivity contribution in [2.75, 3.05) is 0 Å². The molecule has 0 saturated carbocycles. The van der Waals surface area contributed by atoms with Crippen LogP contribution in [0, 0.1) is 0 Å². The zero-order valence-electron chi connectivity index (χ0n) is 2.04. The minimum atomic E-state index is -4.11. The molecule has 0 aromatic rings. The first-order chi connectivity index (χ1) is 1.73. The van der Waals surface area contributed by atoms with E-state index in [0.29, 0.717) is 0 Å². The van der Waals surface area contributed by atoms with Gasteiger partial charge in [-0.3, -0.25) is 0 Å². The van der Waals surface area contributed by atoms with E-state index < -0.39 is 17.2 Å². The first kappa shape index (κ1) is 9.03. The molecular weight excluding hydrogens is 179 g/mol. The fourth-order valence-electron chi connectivity index (χ4n) is 0. The summed E-state index contributed by atoms with van der Waals surface area (Å²) in [5.41, 5.74) is 0. The molecule has 5 heavy (non-hydrogen) atoms. The van der Waals surface area contributed by atoms with Crippen LogP contribution in [-0.4, -0.2) is 0 Å². The van der Waals surface area contributed by atoms with Crippen LogP contribution in [0.2, 0.25) is 0 Å². The predicted octanol–water partition coefficient (Wildman–Crippen LogP) is 0.0629. The second-order valence-electron chi connectivity index (χ2n) is 0.204. The zero-order valence-corrected chi connectivity index (χ0v) is 4.86. The van der Waals surface area contributed by atoms with Gasteiger partial charge in [-0.05, 0) is 0 Å². The van der Waals surface area contributed by atoms with Crippen LogP contribution in [0.15, 0.2) is 0 Å². The van der Waals surface area contributed by atoms with Crippen molar-refractivity contribution in [2.24, 2.45) is 0 Å². The van der Waals surface area contributed by atoms with Gasteiger partial charge in [0, 0.05) is 0 Å². The van der Waals surface area contributed by atoms with Crippen LogP contribution < -0.4 is 0 Å². The van der Waals surface area contributed by atoms with Crippen molar-refractivity contribution in [1.29, 1.82) is 0 Å². The molecule has 0 aromatic carbocycles. The van der Waals surface area contributed by atoms with Gasteiger partial charge in [-0.15, -0.1) is 12.4 Å². The summed E-state index contributed by atoms with van der Waals surface area (Å²) < 4.78 is 25.8. The van der Waals surface area contributed by atoms with Crippen molar-refractivity contribution in [1.82, 2.24) is 0 Å². The normalized spacial score (nSPS) is 4.80. The molecule has 0 rings (SSSR count). The van der Waals surface area contributed by atoms with E-state index in [4.69, 9.17) is 10.2 Å². The third kappa shape index (κ3) is 173. The Hall–Kier alpha value is 0.378. The first-order valence-electron chi connectivity index (χ1n) is 0.500. The molecule has 0 heterocycles. The maximum absolute atomic E-state index is 8.59. The van der Waals surface area contributed by atoms with Gasteiger partial charge in [0.2, 0.25) is 0 Å². The van der Waals surface area contributed by atoms with Crippen molar-refractivity contribution in [2.45, 2.75) is 0 Å². The summed E-state index contributed by atoms with van der Waals surface area (Å²) >= 11 is -4.11. The average Bonchev–Trinajstić information content (AvgIpc) is 0.811. The molecule has 0 saturated heterocycles. The second-order valence-corrected chi connectivity index (χ2v) is 1.21. The SMILES string of the molecule is Cl.[O]=[Mo](=[O])=[O]. The molecule has 0 unspecified atom stereocenters. The molecule has 0 aliphatic carbocycles. The number of rotatable bonds is 0. The molecule has 3 nitrogen and oxygen atoms in total. The van der Waals surface area contributed by atoms with Crippen LogP contribution in [0.5, 0.6) is 0 Å². The Labute approximate surface area is 40.3 Å². The Morgan fingerprint density at radius 2 is 1.00 bits per heavy atom. The van der Waals surface area contributed by atoms with E-state index in [2.05, 4.69) is 0 Å². The van der Waals surface area contributed by atoms with E-state index >= 15 is 0 Å². The Kier molecular flexibility index (Phi) is 7.91. The first-order valence-corrected chi connectivity index (χ1v) is 2.96. The third-order valence-electron chi connectivity index (χ3n) is 0. The van der Waals surface area contributed by atoms with E-state index in [1.54, 1.807) is 0 Å². The summed E-state index contributed by atoms with van der Waals surface area (Å²) in [6.07, 6.45) is 0. The molecule has 0 spiro atoms. The molecule has 0 fully saturated rings. The van der Waals surface area contributed by atoms with Gasteiger partial charge in [0.15, 0.2) is 0 Å². The Morgan fingerprint density at radius 1 is 1.00 bits per heavy atom. The molecule has 0 N–H and O–H groups in total. The monoisotopic (exact) mass is 182 g/mol. The molecule has 0 aromatic heterocycles. The number of hydrogen-bond acceptors (Lipinski definition) is 3. The van der Waals surface area contributed by atoms with Crippen LogP contribution in [-0.2, 0) is 27.4 Å². The van der Waals surface area contributed by atoms with Crippen LogP contribution >= 0.6 is 12.4 Å². The summed E-state index contributed by atoms with van der Waals surface area (Å²) in [7, 11) is 0. The zero-order chi connectivity index (χ0) is 3.58. The summed E-state index contributed by atoms with van der Waals surface area (Å²) in [6, 6.07) is 0. The molecule has 5 heteroatoms. The Bertz CT molecular complexity index is 76.3. The van der Waals surface area contributed by atoms with Gasteiger partial charge in [0.1, 0.15) is 0 Å². The maximum atomic E-state index is 8.59. The van der Waals surface area contributed by atoms with E-state index in [0.717, 1.165) is 0 Å². The van der Waals surface area contributed by atoms with Gasteiger partial charge in [-0.1, -0.05) is 0 Å². The van der Waals surface area contributed by atoms with Crippen molar-refractivity contribution >= 4 is 12.4 Å². The summed E-state index contributed by atoms with van der Waals surface area (Å²) in [5, 5.41) is 0. The number of hydrogen-bond donors (Lipinski definition) is 0. The molecule has 0 aliphatic heterocycles. The molecule has 0 atom stereocenters. The summed E-state index contributed by atoms with van der Waals surface area (Å²) in [4.78, 5) is 0. The summed E-state index contributed by atoms with van der Waals surface area (Å²) in [5.74, 6) is 0. The minimum absolute atomic E-state index is 0. The van der Waals surface area contributed by atoms with E-state index in [1.807, 2.05) is 0 Å². The van der Waals surface area contributed by atoms with Gasteiger partial charge < -0.3 is 0 Å². The van der Waals surface area contributed by atoms with Crippen LogP contribution in [0.1, 0.15) is 0 Å². The third-order valence-corrected chi connectivity index (χ3v) is 0. The summed E-state index contributed by atoms with van der Waals surface area (Å²) in [6.45, 7) is 0. The van der Waals surface area contributed by atoms with Crippen molar-refractivity contribution in [3.63, 3.8) is 0 Å². The predicted molar refractivity (Wildman–Crippen MR) is 9.31 cm³/mol. The van der Waals surface area contributed by atoms with Crippen molar-refractivity contribution in [3.8, 4) is 0 Å². The molecule has 32 valence electrons. The molecule has 0 amide bonds.